The molecule has 3 aromatic rings. The van der Waals surface area contributed by atoms with Crippen molar-refractivity contribution < 1.29 is 14.7 Å². The molecule has 0 radical (unpaired) electrons. The molecule has 0 aliphatic heterocycles. The van der Waals surface area contributed by atoms with E-state index >= 15 is 0 Å². The largest absolute Gasteiger partial charge is 0.481 e. The van der Waals surface area contributed by atoms with Crippen LogP contribution in [0.2, 0.25) is 0 Å². The highest BCUT2D eigenvalue weighted by Gasteiger charge is 2.12. The first kappa shape index (κ1) is 18.4. The second-order valence-electron chi connectivity index (χ2n) is 6.46. The lowest BCUT2D eigenvalue weighted by Gasteiger charge is -2.06. The highest BCUT2D eigenvalue weighted by molar-refractivity contribution is 6.08. The summed E-state index contributed by atoms with van der Waals surface area (Å²) in [6.07, 6.45) is 5.79. The van der Waals surface area contributed by atoms with Gasteiger partial charge < -0.3 is 9.67 Å². The Kier molecular flexibility index (Phi) is 5.67. The predicted octanol–water partition coefficient (Wildman–Crippen LogP) is 4.37. The molecule has 0 aliphatic carbocycles. The molecule has 0 saturated carbocycles. The Hall–Kier alpha value is -3.40. The summed E-state index contributed by atoms with van der Waals surface area (Å²) in [5, 5.41) is 8.90. The van der Waals surface area contributed by atoms with Gasteiger partial charge in [-0.15, -0.1) is 0 Å². The Labute approximate surface area is 158 Å². The number of aromatic nitrogens is 1. The van der Waals surface area contributed by atoms with Crippen LogP contribution in [0.5, 0.6) is 0 Å². The predicted molar refractivity (Wildman–Crippen MR) is 106 cm³/mol. The minimum absolute atomic E-state index is 0.00291. The average Bonchev–Trinajstić information content (AvgIpc) is 3.10. The zero-order valence-electron chi connectivity index (χ0n) is 15.1. The highest BCUT2D eigenvalue weighted by Crippen LogP contribution is 2.13. The maximum absolute atomic E-state index is 12.7. The summed E-state index contributed by atoms with van der Waals surface area (Å²) >= 11 is 0. The van der Waals surface area contributed by atoms with Crippen molar-refractivity contribution in [3.8, 4) is 0 Å². The number of aryl methyl sites for hydroxylation is 1. The fraction of sp³-hybridized carbons (Fsp3) is 0.130. The van der Waals surface area contributed by atoms with Crippen LogP contribution in [-0.2, 0) is 17.8 Å². The number of carbonyl (C=O) groups is 2. The van der Waals surface area contributed by atoms with Crippen molar-refractivity contribution in [1.82, 2.24) is 4.57 Å². The first-order valence-corrected chi connectivity index (χ1v) is 8.77. The van der Waals surface area contributed by atoms with E-state index in [9.17, 15) is 9.59 Å². The number of hydrogen-bond acceptors (Lipinski definition) is 2. The molecule has 0 amide bonds. The number of hydrogen-bond donors (Lipinski definition) is 1. The maximum Gasteiger partial charge on any atom is 0.307 e. The Balaban J connectivity index is 1.72. The van der Waals surface area contributed by atoms with Crippen LogP contribution in [0.25, 0.3) is 6.08 Å². The third-order valence-corrected chi connectivity index (χ3v) is 4.29. The Morgan fingerprint density at radius 3 is 2.56 bits per heavy atom. The van der Waals surface area contributed by atoms with E-state index < -0.39 is 5.97 Å². The summed E-state index contributed by atoms with van der Waals surface area (Å²) in [7, 11) is 0. The van der Waals surface area contributed by atoms with Crippen LogP contribution in [0.15, 0.2) is 72.9 Å². The fourth-order valence-electron chi connectivity index (χ4n) is 2.92. The van der Waals surface area contributed by atoms with Gasteiger partial charge in [-0.2, -0.15) is 0 Å². The lowest BCUT2D eigenvalue weighted by atomic mass is 10.1. The quantitative estimate of drug-likeness (QED) is 0.637. The van der Waals surface area contributed by atoms with Crippen LogP contribution in [0.3, 0.4) is 0 Å². The van der Waals surface area contributed by atoms with Crippen LogP contribution < -0.4 is 0 Å². The number of carboxylic acid groups (broad SMARTS) is 1. The third-order valence-electron chi connectivity index (χ3n) is 4.29. The number of ketones is 1. The van der Waals surface area contributed by atoms with E-state index in [1.165, 1.54) is 0 Å². The van der Waals surface area contributed by atoms with Gasteiger partial charge in [0.25, 0.3) is 0 Å². The molecule has 3 rings (SSSR count). The zero-order chi connectivity index (χ0) is 19.2. The van der Waals surface area contributed by atoms with Crippen LogP contribution in [0.1, 0.15) is 32.7 Å². The standard InChI is InChI=1S/C23H21NO3/c1-17-9-11-20(12-10-17)23(27)21-8-4-14-24(21)13-3-7-18-5-2-6-19(15-18)16-22(25)26/h2-12,14-15H,13,16H2,1H3,(H,25,26). The number of nitrogens with zero attached hydrogens (tertiary/aromatic N) is 1. The summed E-state index contributed by atoms with van der Waals surface area (Å²) in [4.78, 5) is 23.6. The molecule has 0 unspecified atom stereocenters. The van der Waals surface area contributed by atoms with E-state index in [4.69, 9.17) is 5.11 Å². The molecule has 2 aromatic carbocycles. The van der Waals surface area contributed by atoms with Gasteiger partial charge in [0.05, 0.1) is 12.1 Å². The van der Waals surface area contributed by atoms with Crippen LogP contribution in [-0.4, -0.2) is 21.4 Å². The van der Waals surface area contributed by atoms with Crippen molar-refractivity contribution in [2.24, 2.45) is 0 Å². The number of rotatable bonds is 7. The Morgan fingerprint density at radius 1 is 1.04 bits per heavy atom. The normalized spacial score (nSPS) is 11.0. The van der Waals surface area contributed by atoms with Crippen molar-refractivity contribution in [3.63, 3.8) is 0 Å². The SMILES string of the molecule is Cc1ccc(C(=O)c2cccn2CC=Cc2cccc(CC(=O)O)c2)cc1. The van der Waals surface area contributed by atoms with Gasteiger partial charge in [0.2, 0.25) is 5.78 Å². The minimum atomic E-state index is -0.845. The molecule has 1 aromatic heterocycles. The van der Waals surface area contributed by atoms with Gasteiger partial charge in [-0.1, -0.05) is 66.2 Å². The average molecular weight is 359 g/mol. The van der Waals surface area contributed by atoms with Crippen molar-refractivity contribution in [2.75, 3.05) is 0 Å². The second kappa shape index (κ2) is 8.32. The minimum Gasteiger partial charge on any atom is -0.481 e. The Morgan fingerprint density at radius 2 is 1.81 bits per heavy atom. The van der Waals surface area contributed by atoms with Gasteiger partial charge in [-0.25, -0.2) is 0 Å². The van der Waals surface area contributed by atoms with Crippen molar-refractivity contribution in [1.29, 1.82) is 0 Å². The lowest BCUT2D eigenvalue weighted by molar-refractivity contribution is -0.136. The molecule has 1 N–H and O–H groups in total. The fourth-order valence-corrected chi connectivity index (χ4v) is 2.92. The van der Waals surface area contributed by atoms with E-state index in [1.807, 2.05) is 84.4 Å². The van der Waals surface area contributed by atoms with Crippen LogP contribution in [0, 0.1) is 6.92 Å². The van der Waals surface area contributed by atoms with Gasteiger partial charge >= 0.3 is 5.97 Å². The molecule has 0 aliphatic rings. The summed E-state index contributed by atoms with van der Waals surface area (Å²) in [5.41, 5.74) is 4.14. The summed E-state index contributed by atoms with van der Waals surface area (Å²) in [6, 6.07) is 18.7. The number of carboxylic acids is 1. The van der Waals surface area contributed by atoms with Gasteiger partial charge in [-0.05, 0) is 30.2 Å². The molecule has 0 atom stereocenters. The van der Waals surface area contributed by atoms with E-state index in [0.29, 0.717) is 17.8 Å². The summed E-state index contributed by atoms with van der Waals surface area (Å²) in [5.74, 6) is -0.848. The first-order chi connectivity index (χ1) is 13.0. The molecule has 0 bridgehead atoms. The molecule has 0 spiro atoms. The van der Waals surface area contributed by atoms with Gasteiger partial charge in [0.15, 0.2) is 0 Å². The summed E-state index contributed by atoms with van der Waals surface area (Å²) < 4.78 is 1.90. The molecule has 4 nitrogen and oxygen atoms in total. The van der Waals surface area contributed by atoms with E-state index in [0.717, 1.165) is 16.7 Å². The third kappa shape index (κ3) is 4.82. The topological polar surface area (TPSA) is 59.3 Å². The van der Waals surface area contributed by atoms with Crippen LogP contribution in [0.4, 0.5) is 0 Å². The maximum atomic E-state index is 12.7. The Bertz CT molecular complexity index is 981. The van der Waals surface area contributed by atoms with E-state index in [1.54, 1.807) is 6.07 Å². The molecule has 0 fully saturated rings. The van der Waals surface area contributed by atoms with Crippen LogP contribution >= 0.6 is 0 Å². The van der Waals surface area contributed by atoms with Gasteiger partial charge in [0.1, 0.15) is 0 Å². The molecule has 27 heavy (non-hydrogen) atoms. The molecule has 1 heterocycles. The number of aliphatic carboxylic acids is 1. The highest BCUT2D eigenvalue weighted by atomic mass is 16.4. The molecule has 0 saturated heterocycles. The van der Waals surface area contributed by atoms with E-state index in [2.05, 4.69) is 0 Å². The molecular formula is C23H21NO3. The molecule has 4 heteroatoms. The monoisotopic (exact) mass is 359 g/mol. The number of allylic oxidation sites excluding steroid dienone is 1. The van der Waals surface area contributed by atoms with Gasteiger partial charge in [-0.3, -0.25) is 9.59 Å². The van der Waals surface area contributed by atoms with Crippen molar-refractivity contribution >= 4 is 17.8 Å². The second-order valence-corrected chi connectivity index (χ2v) is 6.46. The smallest absolute Gasteiger partial charge is 0.307 e. The number of benzene rings is 2. The van der Waals surface area contributed by atoms with Crippen molar-refractivity contribution in [3.05, 3.63) is 101 Å². The zero-order valence-corrected chi connectivity index (χ0v) is 15.1. The van der Waals surface area contributed by atoms with E-state index in [-0.39, 0.29) is 12.2 Å². The van der Waals surface area contributed by atoms with Gasteiger partial charge in [0, 0.05) is 18.3 Å². The first-order valence-electron chi connectivity index (χ1n) is 8.77. The molecular weight excluding hydrogens is 338 g/mol. The lowest BCUT2D eigenvalue weighted by Crippen LogP contribution is -2.09. The number of carbonyl (C=O) groups excluding carboxylic acids is 1. The molecule has 136 valence electrons. The van der Waals surface area contributed by atoms with Crippen molar-refractivity contribution in [2.45, 2.75) is 19.9 Å². The summed E-state index contributed by atoms with van der Waals surface area (Å²) in [6.45, 7) is 2.55.